The van der Waals surface area contributed by atoms with Gasteiger partial charge >= 0.3 is 5.97 Å². The summed E-state index contributed by atoms with van der Waals surface area (Å²) in [6.07, 6.45) is 0.744. The maximum Gasteiger partial charge on any atom is 0.306 e. The van der Waals surface area contributed by atoms with Crippen LogP contribution in [-0.4, -0.2) is 43.1 Å². The van der Waals surface area contributed by atoms with Crippen molar-refractivity contribution in [2.75, 3.05) is 26.4 Å². The lowest BCUT2D eigenvalue weighted by atomic mass is 10.1. The molecule has 0 unspecified atom stereocenters. The molecule has 0 saturated carbocycles. The predicted octanol–water partition coefficient (Wildman–Crippen LogP) is 4.15. The fourth-order valence-corrected chi connectivity index (χ4v) is 3.04. The highest BCUT2D eigenvalue weighted by atomic mass is 19.1. The van der Waals surface area contributed by atoms with Gasteiger partial charge in [-0.15, -0.1) is 0 Å². The second-order valence-corrected chi connectivity index (χ2v) is 6.80. The fourth-order valence-electron chi connectivity index (χ4n) is 3.04. The number of amides is 1. The van der Waals surface area contributed by atoms with Crippen molar-refractivity contribution in [3.05, 3.63) is 59.4 Å². The molecular weight excluding hydrogens is 401 g/mol. The molecule has 6 nitrogen and oxygen atoms in total. The van der Waals surface area contributed by atoms with E-state index in [0.29, 0.717) is 43.2 Å². The zero-order valence-corrected chi connectivity index (χ0v) is 18.4. The van der Waals surface area contributed by atoms with Crippen LogP contribution in [-0.2, 0) is 27.3 Å². The molecule has 0 saturated heterocycles. The van der Waals surface area contributed by atoms with Crippen molar-refractivity contribution in [1.82, 2.24) is 4.90 Å². The maximum absolute atomic E-state index is 13.9. The molecule has 0 fully saturated rings. The summed E-state index contributed by atoms with van der Waals surface area (Å²) in [5, 5.41) is 0. The zero-order chi connectivity index (χ0) is 22.6. The molecule has 168 valence electrons. The molecule has 0 bridgehead atoms. The van der Waals surface area contributed by atoms with Crippen LogP contribution in [0.4, 0.5) is 4.39 Å². The Balaban J connectivity index is 1.99. The Bertz CT molecular complexity index is 871. The molecule has 0 aliphatic heterocycles. The number of esters is 1. The molecule has 0 N–H and O–H groups in total. The van der Waals surface area contributed by atoms with Crippen molar-refractivity contribution in [3.63, 3.8) is 0 Å². The minimum Gasteiger partial charge on any atom is -0.493 e. The van der Waals surface area contributed by atoms with Gasteiger partial charge in [0, 0.05) is 31.1 Å². The monoisotopic (exact) mass is 431 g/mol. The summed E-state index contributed by atoms with van der Waals surface area (Å²) in [6.45, 7) is 6.74. The molecule has 0 radical (unpaired) electrons. The smallest absolute Gasteiger partial charge is 0.306 e. The van der Waals surface area contributed by atoms with Crippen molar-refractivity contribution in [2.24, 2.45) is 0 Å². The van der Waals surface area contributed by atoms with Gasteiger partial charge in [-0.3, -0.25) is 9.59 Å². The third kappa shape index (κ3) is 7.59. The lowest BCUT2D eigenvalue weighted by molar-refractivity contribution is -0.143. The fraction of sp³-hybridized carbons (Fsp3) is 0.417. The Labute approximate surface area is 182 Å². The average molecular weight is 432 g/mol. The van der Waals surface area contributed by atoms with Gasteiger partial charge < -0.3 is 19.1 Å². The lowest BCUT2D eigenvalue weighted by Gasteiger charge is -2.21. The summed E-state index contributed by atoms with van der Waals surface area (Å²) < 4.78 is 30.2. The Morgan fingerprint density at radius 3 is 2.42 bits per heavy atom. The number of carbonyl (C=O) groups excluding carboxylic acids is 2. The van der Waals surface area contributed by atoms with Crippen molar-refractivity contribution in [3.8, 4) is 11.5 Å². The van der Waals surface area contributed by atoms with Crippen molar-refractivity contribution in [1.29, 1.82) is 0 Å². The third-order valence-electron chi connectivity index (χ3n) is 4.66. The van der Waals surface area contributed by atoms with E-state index in [1.54, 1.807) is 37.3 Å². The van der Waals surface area contributed by atoms with Gasteiger partial charge in [0.2, 0.25) is 0 Å². The second-order valence-electron chi connectivity index (χ2n) is 6.80. The Kier molecular flexibility index (Phi) is 9.81. The molecular formula is C24H30FNO5. The highest BCUT2D eigenvalue weighted by Gasteiger charge is 2.16. The predicted molar refractivity (Wildman–Crippen MR) is 116 cm³/mol. The Hall–Kier alpha value is -3.09. The van der Waals surface area contributed by atoms with E-state index in [4.69, 9.17) is 14.2 Å². The van der Waals surface area contributed by atoms with Crippen LogP contribution in [0, 0.1) is 5.82 Å². The maximum atomic E-state index is 13.9. The van der Waals surface area contributed by atoms with Gasteiger partial charge in [-0.2, -0.15) is 0 Å². The van der Waals surface area contributed by atoms with Crippen molar-refractivity contribution in [2.45, 2.75) is 40.2 Å². The lowest BCUT2D eigenvalue weighted by Crippen LogP contribution is -2.34. The summed E-state index contributed by atoms with van der Waals surface area (Å²) in [6, 6.07) is 11.7. The van der Waals surface area contributed by atoms with Crippen LogP contribution >= 0.6 is 0 Å². The van der Waals surface area contributed by atoms with Gasteiger partial charge in [0.15, 0.2) is 6.61 Å². The molecule has 1 amide bonds. The highest BCUT2D eigenvalue weighted by molar-refractivity contribution is 5.77. The van der Waals surface area contributed by atoms with E-state index in [1.807, 2.05) is 19.9 Å². The molecule has 0 aliphatic rings. The number of benzene rings is 2. The normalized spacial score (nSPS) is 10.5. The van der Waals surface area contributed by atoms with E-state index < -0.39 is 0 Å². The second kappa shape index (κ2) is 12.6. The first-order valence-corrected chi connectivity index (χ1v) is 10.5. The van der Waals surface area contributed by atoms with E-state index in [-0.39, 0.29) is 37.3 Å². The quantitative estimate of drug-likeness (QED) is 0.473. The SMILES string of the molecule is CCOC(=O)CCc1ccc(OCC(=O)N(CC)Cc2ccccc2F)cc1OCC. The number of carbonyl (C=O) groups is 2. The molecule has 7 heteroatoms. The molecule has 2 aromatic carbocycles. The first-order chi connectivity index (χ1) is 15.0. The van der Waals surface area contributed by atoms with Crippen LogP contribution in [0.1, 0.15) is 38.3 Å². The minimum absolute atomic E-state index is 0.171. The number of likely N-dealkylation sites (N-methyl/N-ethyl adjacent to an activating group) is 1. The zero-order valence-electron chi connectivity index (χ0n) is 18.4. The Morgan fingerprint density at radius 2 is 1.74 bits per heavy atom. The highest BCUT2D eigenvalue weighted by Crippen LogP contribution is 2.26. The van der Waals surface area contributed by atoms with Crippen LogP contribution in [0.25, 0.3) is 0 Å². The minimum atomic E-state index is -0.338. The van der Waals surface area contributed by atoms with Gasteiger partial charge in [0.1, 0.15) is 17.3 Å². The number of halogens is 1. The molecule has 0 aliphatic carbocycles. The van der Waals surface area contributed by atoms with Gasteiger partial charge in [0.05, 0.1) is 13.2 Å². The van der Waals surface area contributed by atoms with E-state index >= 15 is 0 Å². The van der Waals surface area contributed by atoms with Gasteiger partial charge in [-0.25, -0.2) is 4.39 Å². The third-order valence-corrected chi connectivity index (χ3v) is 4.66. The number of rotatable bonds is 12. The van der Waals surface area contributed by atoms with Gasteiger partial charge in [0.25, 0.3) is 5.91 Å². The van der Waals surface area contributed by atoms with E-state index in [0.717, 1.165) is 5.56 Å². The molecule has 0 aromatic heterocycles. The molecule has 2 rings (SSSR count). The number of aryl methyl sites for hydroxylation is 1. The van der Waals surface area contributed by atoms with Crippen LogP contribution in [0.15, 0.2) is 42.5 Å². The van der Waals surface area contributed by atoms with Gasteiger partial charge in [-0.05, 0) is 44.9 Å². The molecule has 31 heavy (non-hydrogen) atoms. The molecule has 0 atom stereocenters. The molecule has 0 heterocycles. The van der Waals surface area contributed by atoms with E-state index in [9.17, 15) is 14.0 Å². The van der Waals surface area contributed by atoms with Crippen molar-refractivity contribution >= 4 is 11.9 Å². The van der Waals surface area contributed by atoms with Gasteiger partial charge in [-0.1, -0.05) is 24.3 Å². The van der Waals surface area contributed by atoms with Crippen LogP contribution in [0.2, 0.25) is 0 Å². The standard InChI is InChI=1S/C24H30FNO5/c1-4-26(16-19-9-7-8-10-21(19)25)23(27)17-31-20-13-11-18(22(15-20)29-5-2)12-14-24(28)30-6-3/h7-11,13,15H,4-6,12,14,16-17H2,1-3H3. The molecule has 0 spiro atoms. The summed E-state index contributed by atoms with van der Waals surface area (Å²) in [4.78, 5) is 25.7. The first-order valence-electron chi connectivity index (χ1n) is 10.5. The largest absolute Gasteiger partial charge is 0.493 e. The van der Waals surface area contributed by atoms with Crippen LogP contribution in [0.5, 0.6) is 11.5 Å². The number of hydrogen-bond acceptors (Lipinski definition) is 5. The number of hydrogen-bond donors (Lipinski definition) is 0. The summed E-state index contributed by atoms with van der Waals surface area (Å²) in [7, 11) is 0. The van der Waals surface area contributed by atoms with E-state index in [2.05, 4.69) is 0 Å². The number of ether oxygens (including phenoxy) is 3. The summed E-state index contributed by atoms with van der Waals surface area (Å²) in [5.41, 5.74) is 1.32. The average Bonchev–Trinajstić information content (AvgIpc) is 2.76. The van der Waals surface area contributed by atoms with E-state index in [1.165, 1.54) is 11.0 Å². The first kappa shape index (κ1) is 24.2. The summed E-state index contributed by atoms with van der Waals surface area (Å²) in [5.74, 6) is 0.254. The van der Waals surface area contributed by atoms with Crippen molar-refractivity contribution < 1.29 is 28.2 Å². The molecule has 2 aromatic rings. The topological polar surface area (TPSA) is 65.1 Å². The van der Waals surface area contributed by atoms with Crippen LogP contribution < -0.4 is 9.47 Å². The number of nitrogens with zero attached hydrogens (tertiary/aromatic N) is 1. The summed E-state index contributed by atoms with van der Waals surface area (Å²) >= 11 is 0. The van der Waals surface area contributed by atoms with Crippen LogP contribution in [0.3, 0.4) is 0 Å². The Morgan fingerprint density at radius 1 is 0.968 bits per heavy atom.